The molecule has 0 aromatic heterocycles. The molecule has 0 aliphatic rings. The molecule has 17 heavy (non-hydrogen) atoms. The van der Waals surface area contributed by atoms with Gasteiger partial charge >= 0.3 is 5.97 Å². The van der Waals surface area contributed by atoms with Gasteiger partial charge in [-0.3, -0.25) is 4.79 Å². The molecule has 1 aromatic carbocycles. The second-order valence-corrected chi connectivity index (χ2v) is 3.65. The number of nitriles is 1. The van der Waals surface area contributed by atoms with Gasteiger partial charge < -0.3 is 9.84 Å². The largest absolute Gasteiger partial charge is 0.469 e. The monoisotopic (exact) mass is 233 g/mol. The molecule has 0 saturated heterocycles. The fourth-order valence-electron chi connectivity index (χ4n) is 1.69. The quantitative estimate of drug-likeness (QED) is 0.796. The lowest BCUT2D eigenvalue weighted by atomic mass is 9.96. The third-order valence-electron chi connectivity index (χ3n) is 2.66. The molecule has 4 heteroatoms. The highest BCUT2D eigenvalue weighted by Crippen LogP contribution is 2.18. The number of aliphatic hydroxyl groups is 1. The van der Waals surface area contributed by atoms with Crippen LogP contribution >= 0.6 is 0 Å². The number of nitrogens with zero attached hydrogens (tertiary/aromatic N) is 1. The highest BCUT2D eigenvalue weighted by molar-refractivity contribution is 5.73. The molecule has 0 aliphatic carbocycles. The van der Waals surface area contributed by atoms with E-state index >= 15 is 0 Å². The number of carbonyl (C=O) groups is 1. The van der Waals surface area contributed by atoms with Gasteiger partial charge in [-0.2, -0.15) is 5.26 Å². The van der Waals surface area contributed by atoms with Crippen LogP contribution in [0, 0.1) is 11.3 Å². The van der Waals surface area contributed by atoms with Gasteiger partial charge in [0.1, 0.15) is 0 Å². The van der Waals surface area contributed by atoms with Crippen molar-refractivity contribution >= 4 is 5.97 Å². The summed E-state index contributed by atoms with van der Waals surface area (Å²) in [4.78, 5) is 11.2. The van der Waals surface area contributed by atoms with Crippen LogP contribution in [0.4, 0.5) is 0 Å². The summed E-state index contributed by atoms with van der Waals surface area (Å²) in [7, 11) is 1.31. The molecule has 0 radical (unpaired) electrons. The van der Waals surface area contributed by atoms with Crippen LogP contribution in [-0.2, 0) is 29.0 Å². The summed E-state index contributed by atoms with van der Waals surface area (Å²) in [5, 5.41) is 18.3. The molecule has 0 heterocycles. The topological polar surface area (TPSA) is 70.3 Å². The Hall–Kier alpha value is -1.86. The van der Waals surface area contributed by atoms with Gasteiger partial charge in [0.25, 0.3) is 0 Å². The molecule has 1 rings (SSSR count). The fourth-order valence-corrected chi connectivity index (χ4v) is 1.69. The van der Waals surface area contributed by atoms with Crippen molar-refractivity contribution in [3.05, 3.63) is 34.4 Å². The average molecular weight is 233 g/mol. The minimum absolute atomic E-state index is 0.0520. The number of methoxy groups -OCH3 is 1. The van der Waals surface area contributed by atoms with Gasteiger partial charge in [-0.1, -0.05) is 13.0 Å². The van der Waals surface area contributed by atoms with Crippen molar-refractivity contribution in [1.82, 2.24) is 0 Å². The predicted molar refractivity (Wildman–Crippen MR) is 62.2 cm³/mol. The number of aliphatic hydroxyl groups excluding tert-OH is 1. The van der Waals surface area contributed by atoms with Crippen LogP contribution in [-0.4, -0.2) is 18.2 Å². The third kappa shape index (κ3) is 3.05. The van der Waals surface area contributed by atoms with Crippen LogP contribution in [0.15, 0.2) is 12.1 Å². The Balaban J connectivity index is 3.20. The number of hydrogen-bond acceptors (Lipinski definition) is 4. The Labute approximate surface area is 100 Å². The van der Waals surface area contributed by atoms with E-state index in [0.717, 1.165) is 17.5 Å². The van der Waals surface area contributed by atoms with E-state index in [1.807, 2.05) is 6.92 Å². The van der Waals surface area contributed by atoms with E-state index in [1.165, 1.54) is 7.11 Å². The lowest BCUT2D eigenvalue weighted by Gasteiger charge is -2.10. The van der Waals surface area contributed by atoms with E-state index in [4.69, 9.17) is 5.26 Å². The van der Waals surface area contributed by atoms with Gasteiger partial charge in [0.05, 0.1) is 31.8 Å². The first-order valence-corrected chi connectivity index (χ1v) is 5.38. The summed E-state index contributed by atoms with van der Waals surface area (Å²) in [5.41, 5.74) is 2.74. The number of esters is 1. The lowest BCUT2D eigenvalue weighted by molar-refractivity contribution is -0.139. The summed E-state index contributed by atoms with van der Waals surface area (Å²) >= 11 is 0. The summed E-state index contributed by atoms with van der Waals surface area (Å²) in [6.45, 7) is 1.86. The molecule has 90 valence electrons. The van der Waals surface area contributed by atoms with Crippen LogP contribution in [0.1, 0.15) is 29.2 Å². The van der Waals surface area contributed by atoms with Crippen molar-refractivity contribution in [1.29, 1.82) is 5.26 Å². The van der Waals surface area contributed by atoms with Crippen molar-refractivity contribution in [3.63, 3.8) is 0 Å². The Morgan fingerprint density at radius 2 is 2.12 bits per heavy atom. The van der Waals surface area contributed by atoms with Gasteiger partial charge in [0.15, 0.2) is 0 Å². The van der Waals surface area contributed by atoms with Crippen molar-refractivity contribution < 1.29 is 14.6 Å². The summed E-state index contributed by atoms with van der Waals surface area (Å²) in [6, 6.07) is 5.49. The number of ether oxygens (including phenoxy) is 1. The first kappa shape index (κ1) is 13.2. The van der Waals surface area contributed by atoms with E-state index in [-0.39, 0.29) is 13.0 Å². The Kier molecular flexibility index (Phi) is 4.68. The Morgan fingerprint density at radius 3 is 2.59 bits per heavy atom. The first-order valence-electron chi connectivity index (χ1n) is 5.38. The van der Waals surface area contributed by atoms with Gasteiger partial charge in [0, 0.05) is 0 Å². The van der Waals surface area contributed by atoms with E-state index < -0.39 is 5.97 Å². The minimum atomic E-state index is -0.394. The van der Waals surface area contributed by atoms with Gasteiger partial charge in [-0.15, -0.1) is 0 Å². The van der Waals surface area contributed by atoms with Crippen LogP contribution in [0.3, 0.4) is 0 Å². The third-order valence-corrected chi connectivity index (χ3v) is 2.66. The van der Waals surface area contributed by atoms with Crippen molar-refractivity contribution in [2.24, 2.45) is 0 Å². The molecule has 0 spiro atoms. The van der Waals surface area contributed by atoms with E-state index in [0.29, 0.717) is 11.1 Å². The zero-order valence-corrected chi connectivity index (χ0v) is 9.99. The maximum absolute atomic E-state index is 11.2. The Morgan fingerprint density at radius 1 is 1.41 bits per heavy atom. The molecule has 1 aromatic rings. The highest BCUT2D eigenvalue weighted by Gasteiger charge is 2.12. The van der Waals surface area contributed by atoms with E-state index in [9.17, 15) is 9.90 Å². The summed E-state index contributed by atoms with van der Waals surface area (Å²) < 4.78 is 4.57. The minimum Gasteiger partial charge on any atom is -0.469 e. The molecule has 0 saturated carbocycles. The normalized spacial score (nSPS) is 9.76. The zero-order chi connectivity index (χ0) is 12.8. The Bertz CT molecular complexity index is 460. The number of carbonyl (C=O) groups excluding carboxylic acids is 1. The second kappa shape index (κ2) is 6.02. The van der Waals surface area contributed by atoms with Crippen LogP contribution in [0.5, 0.6) is 0 Å². The smallest absolute Gasteiger partial charge is 0.310 e. The number of hydrogen-bond donors (Lipinski definition) is 1. The van der Waals surface area contributed by atoms with Crippen molar-refractivity contribution in [2.75, 3.05) is 7.11 Å². The summed E-state index contributed by atoms with van der Waals surface area (Å²) in [6.07, 6.45) is 0.791. The maximum atomic E-state index is 11.2. The molecule has 1 N–H and O–H groups in total. The lowest BCUT2D eigenvalue weighted by Crippen LogP contribution is -2.08. The molecule has 0 fully saturated rings. The van der Waals surface area contributed by atoms with Crippen LogP contribution < -0.4 is 0 Å². The summed E-state index contributed by atoms with van der Waals surface area (Å²) in [5.74, 6) is -0.394. The van der Waals surface area contributed by atoms with E-state index in [1.54, 1.807) is 12.1 Å². The molecule has 0 bridgehead atoms. The molecule has 4 nitrogen and oxygen atoms in total. The molecule has 0 atom stereocenters. The van der Waals surface area contributed by atoms with Crippen LogP contribution in [0.25, 0.3) is 0 Å². The predicted octanol–water partition coefficient (Wildman–Crippen LogP) is 1.33. The number of aryl methyl sites for hydroxylation is 1. The first-order chi connectivity index (χ1) is 8.15. The van der Waals surface area contributed by atoms with Gasteiger partial charge in [-0.05, 0) is 29.2 Å². The molecule has 0 unspecified atom stereocenters. The molecule has 0 aliphatic heterocycles. The highest BCUT2D eigenvalue weighted by atomic mass is 16.5. The number of rotatable bonds is 4. The second-order valence-electron chi connectivity index (χ2n) is 3.65. The standard InChI is InChI=1S/C13H15NO3/c1-3-9-4-11(7-14)10(5-12(9)8-15)6-13(16)17-2/h4-5,15H,3,6,8H2,1-2H3. The number of benzene rings is 1. The SMILES string of the molecule is CCc1cc(C#N)c(CC(=O)OC)cc1CO. The maximum Gasteiger partial charge on any atom is 0.310 e. The van der Waals surface area contributed by atoms with Gasteiger partial charge in [0.2, 0.25) is 0 Å². The molecular weight excluding hydrogens is 218 g/mol. The zero-order valence-electron chi connectivity index (χ0n) is 9.99. The van der Waals surface area contributed by atoms with Gasteiger partial charge in [-0.25, -0.2) is 0 Å². The van der Waals surface area contributed by atoms with Crippen molar-refractivity contribution in [2.45, 2.75) is 26.4 Å². The van der Waals surface area contributed by atoms with E-state index in [2.05, 4.69) is 10.8 Å². The molecular formula is C13H15NO3. The average Bonchev–Trinajstić information content (AvgIpc) is 2.37. The molecule has 0 amide bonds. The van der Waals surface area contributed by atoms with Crippen LogP contribution in [0.2, 0.25) is 0 Å². The van der Waals surface area contributed by atoms with Crippen molar-refractivity contribution in [3.8, 4) is 6.07 Å². The fraction of sp³-hybridized carbons (Fsp3) is 0.385.